The van der Waals surface area contributed by atoms with Crippen LogP contribution in [0.5, 0.6) is 0 Å². The van der Waals surface area contributed by atoms with Gasteiger partial charge in [0.1, 0.15) is 5.69 Å². The van der Waals surface area contributed by atoms with Gasteiger partial charge in [0.05, 0.1) is 0 Å². The molecule has 1 aromatic heterocycles. The van der Waals surface area contributed by atoms with Crippen molar-refractivity contribution in [3.05, 3.63) is 29.8 Å². The molecule has 20 heavy (non-hydrogen) atoms. The smallest absolute Gasteiger partial charge is 0.272 e. The Balaban J connectivity index is 1.58. The second-order valence-corrected chi connectivity index (χ2v) is 5.61. The molecular weight excluding hydrogens is 257 g/mol. The fraction of sp³-hybridized carbons (Fsp3) is 0.600. The molecule has 5 heteroatoms. The normalized spacial score (nSPS) is 21.4. The maximum atomic E-state index is 13.1. The Labute approximate surface area is 118 Å². The fourth-order valence-electron chi connectivity index (χ4n) is 3.23. The van der Waals surface area contributed by atoms with Gasteiger partial charge in [-0.3, -0.25) is 4.79 Å². The van der Waals surface area contributed by atoms with Crippen molar-refractivity contribution in [3.8, 4) is 0 Å². The van der Waals surface area contributed by atoms with Gasteiger partial charge in [0.15, 0.2) is 0 Å². The molecule has 2 saturated heterocycles. The highest BCUT2D eigenvalue weighted by Crippen LogP contribution is 2.21. The number of likely N-dealkylation sites (tertiary alicyclic amines) is 2. The van der Waals surface area contributed by atoms with E-state index in [0.29, 0.717) is 6.04 Å². The van der Waals surface area contributed by atoms with Crippen LogP contribution in [0, 0.1) is 5.95 Å². The maximum Gasteiger partial charge on any atom is 0.272 e. The van der Waals surface area contributed by atoms with E-state index in [0.717, 1.165) is 25.9 Å². The molecule has 0 radical (unpaired) electrons. The summed E-state index contributed by atoms with van der Waals surface area (Å²) in [5.74, 6) is -0.743. The zero-order valence-corrected chi connectivity index (χ0v) is 11.6. The predicted molar refractivity (Wildman–Crippen MR) is 73.9 cm³/mol. The van der Waals surface area contributed by atoms with E-state index in [1.54, 1.807) is 11.0 Å². The van der Waals surface area contributed by atoms with Crippen LogP contribution in [0.1, 0.15) is 36.2 Å². The Kier molecular flexibility index (Phi) is 3.96. The van der Waals surface area contributed by atoms with Crippen molar-refractivity contribution in [1.29, 1.82) is 0 Å². The lowest BCUT2D eigenvalue weighted by molar-refractivity contribution is 0.0637. The summed E-state index contributed by atoms with van der Waals surface area (Å²) in [7, 11) is 0. The van der Waals surface area contributed by atoms with Crippen molar-refractivity contribution < 1.29 is 9.18 Å². The average Bonchev–Trinajstić information content (AvgIpc) is 3.01. The third-order valence-corrected chi connectivity index (χ3v) is 4.34. The summed E-state index contributed by atoms with van der Waals surface area (Å²) in [6.07, 6.45) is 4.63. The monoisotopic (exact) mass is 277 g/mol. The van der Waals surface area contributed by atoms with Crippen molar-refractivity contribution >= 4 is 5.91 Å². The van der Waals surface area contributed by atoms with Gasteiger partial charge in [0, 0.05) is 19.1 Å². The number of nitrogens with zero attached hydrogens (tertiary/aromatic N) is 3. The second-order valence-electron chi connectivity index (χ2n) is 5.61. The molecule has 1 amide bonds. The molecule has 3 rings (SSSR count). The lowest BCUT2D eigenvalue weighted by atomic mass is 10.0. The number of hydrogen-bond donors (Lipinski definition) is 0. The molecule has 2 fully saturated rings. The molecule has 0 spiro atoms. The summed E-state index contributed by atoms with van der Waals surface area (Å²) >= 11 is 0. The minimum absolute atomic E-state index is 0.149. The van der Waals surface area contributed by atoms with Gasteiger partial charge in [-0.25, -0.2) is 4.98 Å². The van der Waals surface area contributed by atoms with Gasteiger partial charge >= 0.3 is 0 Å². The van der Waals surface area contributed by atoms with Crippen molar-refractivity contribution in [1.82, 2.24) is 14.8 Å². The van der Waals surface area contributed by atoms with Gasteiger partial charge in [-0.15, -0.1) is 0 Å². The van der Waals surface area contributed by atoms with Crippen LogP contribution in [0.15, 0.2) is 18.2 Å². The Morgan fingerprint density at radius 1 is 1.15 bits per heavy atom. The van der Waals surface area contributed by atoms with Gasteiger partial charge in [-0.1, -0.05) is 6.07 Å². The van der Waals surface area contributed by atoms with Gasteiger partial charge in [-0.2, -0.15) is 4.39 Å². The van der Waals surface area contributed by atoms with Crippen LogP contribution >= 0.6 is 0 Å². The number of amides is 1. The first kappa shape index (κ1) is 13.5. The molecule has 3 heterocycles. The number of carbonyl (C=O) groups is 1. The van der Waals surface area contributed by atoms with E-state index in [2.05, 4.69) is 9.88 Å². The minimum Gasteiger partial charge on any atom is -0.337 e. The van der Waals surface area contributed by atoms with E-state index in [1.165, 1.54) is 38.1 Å². The lowest BCUT2D eigenvalue weighted by Crippen LogP contribution is -2.46. The number of carbonyl (C=O) groups excluding carboxylic acids is 1. The summed E-state index contributed by atoms with van der Waals surface area (Å²) in [6.45, 7) is 3.89. The van der Waals surface area contributed by atoms with Crippen molar-refractivity contribution in [2.75, 3.05) is 26.2 Å². The number of hydrogen-bond acceptors (Lipinski definition) is 3. The largest absolute Gasteiger partial charge is 0.337 e. The fourth-order valence-corrected chi connectivity index (χ4v) is 3.23. The molecular formula is C15H20FN3O. The molecule has 2 aliphatic rings. The summed E-state index contributed by atoms with van der Waals surface area (Å²) < 4.78 is 13.1. The van der Waals surface area contributed by atoms with Crippen LogP contribution < -0.4 is 0 Å². The van der Waals surface area contributed by atoms with E-state index in [1.807, 2.05) is 0 Å². The molecule has 0 bridgehead atoms. The number of piperidine rings is 1. The molecule has 2 aliphatic heterocycles. The van der Waals surface area contributed by atoms with E-state index < -0.39 is 5.95 Å². The van der Waals surface area contributed by atoms with Crippen LogP contribution in [-0.2, 0) is 0 Å². The van der Waals surface area contributed by atoms with Gasteiger partial charge in [-0.05, 0) is 50.9 Å². The molecule has 0 atom stereocenters. The number of pyridine rings is 1. The van der Waals surface area contributed by atoms with Crippen LogP contribution in [0.25, 0.3) is 0 Å². The molecule has 0 aliphatic carbocycles. The predicted octanol–water partition coefficient (Wildman–Crippen LogP) is 1.92. The van der Waals surface area contributed by atoms with Gasteiger partial charge < -0.3 is 9.80 Å². The number of aromatic nitrogens is 1. The zero-order chi connectivity index (χ0) is 13.9. The van der Waals surface area contributed by atoms with Crippen LogP contribution in [-0.4, -0.2) is 52.9 Å². The summed E-state index contributed by atoms with van der Waals surface area (Å²) in [5.41, 5.74) is 0.213. The van der Waals surface area contributed by atoms with E-state index in [4.69, 9.17) is 0 Å². The maximum absolute atomic E-state index is 13.1. The SMILES string of the molecule is O=C(c1cccc(F)n1)N1CCC(N2CCCC2)CC1. The van der Waals surface area contributed by atoms with E-state index >= 15 is 0 Å². The van der Waals surface area contributed by atoms with Crippen LogP contribution in [0.2, 0.25) is 0 Å². The molecule has 0 unspecified atom stereocenters. The van der Waals surface area contributed by atoms with Crippen LogP contribution in [0.3, 0.4) is 0 Å². The molecule has 1 aromatic rings. The first-order chi connectivity index (χ1) is 9.74. The summed E-state index contributed by atoms with van der Waals surface area (Å²) in [5, 5.41) is 0. The Morgan fingerprint density at radius 2 is 1.85 bits per heavy atom. The van der Waals surface area contributed by atoms with Crippen molar-refractivity contribution in [2.24, 2.45) is 0 Å². The summed E-state index contributed by atoms with van der Waals surface area (Å²) in [6, 6.07) is 4.99. The molecule has 0 N–H and O–H groups in total. The Bertz CT molecular complexity index is 480. The first-order valence-corrected chi connectivity index (χ1v) is 7.40. The highest BCUT2D eigenvalue weighted by atomic mass is 19.1. The molecule has 108 valence electrons. The topological polar surface area (TPSA) is 36.4 Å². The van der Waals surface area contributed by atoms with Gasteiger partial charge in [0.25, 0.3) is 5.91 Å². The lowest BCUT2D eigenvalue weighted by Gasteiger charge is -2.36. The molecule has 0 saturated carbocycles. The van der Waals surface area contributed by atoms with E-state index in [-0.39, 0.29) is 11.6 Å². The third kappa shape index (κ3) is 2.82. The Hall–Kier alpha value is -1.49. The average molecular weight is 277 g/mol. The highest BCUT2D eigenvalue weighted by molar-refractivity contribution is 5.92. The quantitative estimate of drug-likeness (QED) is 0.775. The second kappa shape index (κ2) is 5.87. The van der Waals surface area contributed by atoms with E-state index in [9.17, 15) is 9.18 Å². The van der Waals surface area contributed by atoms with Crippen LogP contribution in [0.4, 0.5) is 4.39 Å². The first-order valence-electron chi connectivity index (χ1n) is 7.40. The standard InChI is InChI=1S/C15H20FN3O/c16-14-5-3-4-13(17-14)15(20)19-10-6-12(7-11-19)18-8-1-2-9-18/h3-5,12H,1-2,6-11H2. The Morgan fingerprint density at radius 3 is 2.50 bits per heavy atom. The minimum atomic E-state index is -0.595. The van der Waals surface area contributed by atoms with Crippen molar-refractivity contribution in [2.45, 2.75) is 31.7 Å². The number of halogens is 1. The zero-order valence-electron chi connectivity index (χ0n) is 11.6. The summed E-state index contributed by atoms with van der Waals surface area (Å²) in [4.78, 5) is 20.3. The third-order valence-electron chi connectivity index (χ3n) is 4.34. The number of rotatable bonds is 2. The van der Waals surface area contributed by atoms with Gasteiger partial charge in [0.2, 0.25) is 5.95 Å². The van der Waals surface area contributed by atoms with Crippen molar-refractivity contribution in [3.63, 3.8) is 0 Å². The highest BCUT2D eigenvalue weighted by Gasteiger charge is 2.29. The molecule has 4 nitrogen and oxygen atoms in total. The molecule has 0 aromatic carbocycles.